The van der Waals surface area contributed by atoms with Gasteiger partial charge in [0.15, 0.2) is 6.29 Å². The van der Waals surface area contributed by atoms with Crippen molar-refractivity contribution < 1.29 is 9.72 Å². The van der Waals surface area contributed by atoms with Gasteiger partial charge in [0.2, 0.25) is 0 Å². The molecule has 0 heterocycles. The highest BCUT2D eigenvalue weighted by Gasteiger charge is 2.22. The Morgan fingerprint density at radius 1 is 1.44 bits per heavy atom. The third-order valence-corrected chi connectivity index (χ3v) is 1.99. The summed E-state index contributed by atoms with van der Waals surface area (Å²) in [5.74, 6) is 0. The molecule has 0 spiro atoms. The zero-order valence-corrected chi connectivity index (χ0v) is 8.01. The van der Waals surface area contributed by atoms with E-state index >= 15 is 0 Å². The molecule has 0 atom stereocenters. The van der Waals surface area contributed by atoms with Gasteiger partial charge < -0.3 is 0 Å². The summed E-state index contributed by atoms with van der Waals surface area (Å²) < 4.78 is 0. The van der Waals surface area contributed by atoms with Gasteiger partial charge in [0.25, 0.3) is 5.69 Å². The summed E-state index contributed by atoms with van der Waals surface area (Å²) in [4.78, 5) is 20.7. The molecular formula is C10H5N3O3. The van der Waals surface area contributed by atoms with Crippen LogP contribution >= 0.6 is 0 Å². The van der Waals surface area contributed by atoms with Crippen molar-refractivity contribution in [2.75, 3.05) is 0 Å². The van der Waals surface area contributed by atoms with E-state index in [1.54, 1.807) is 12.1 Å². The standard InChI is InChI=1S/C10H5N3O3/c11-4-3-7-1-2-8(5-12)9(6-14)10(7)13(15)16/h1-2,6H,3H2. The Bertz CT molecular complexity index is 537. The van der Waals surface area contributed by atoms with Crippen LogP contribution in [-0.4, -0.2) is 11.2 Å². The molecule has 0 bridgehead atoms. The second-order valence-corrected chi connectivity index (χ2v) is 2.86. The molecule has 1 aromatic rings. The van der Waals surface area contributed by atoms with Crippen LogP contribution in [0.2, 0.25) is 0 Å². The van der Waals surface area contributed by atoms with Gasteiger partial charge in [0.05, 0.1) is 23.0 Å². The Morgan fingerprint density at radius 2 is 2.12 bits per heavy atom. The lowest BCUT2D eigenvalue weighted by Crippen LogP contribution is -2.02. The minimum absolute atomic E-state index is 0.0663. The Hall–Kier alpha value is -2.73. The predicted molar refractivity (Wildman–Crippen MR) is 52.5 cm³/mol. The third-order valence-electron chi connectivity index (χ3n) is 1.99. The van der Waals surface area contributed by atoms with Gasteiger partial charge in [0.1, 0.15) is 11.6 Å². The molecule has 78 valence electrons. The van der Waals surface area contributed by atoms with Crippen molar-refractivity contribution in [3.8, 4) is 12.1 Å². The Morgan fingerprint density at radius 3 is 2.56 bits per heavy atom. The molecule has 1 rings (SSSR count). The van der Waals surface area contributed by atoms with Crippen LogP contribution in [0.4, 0.5) is 5.69 Å². The maximum absolute atomic E-state index is 10.8. The normalized spacial score (nSPS) is 8.88. The summed E-state index contributed by atoms with van der Waals surface area (Å²) in [6, 6.07) is 6.06. The fourth-order valence-corrected chi connectivity index (χ4v) is 1.31. The summed E-state index contributed by atoms with van der Waals surface area (Å²) in [5.41, 5.74) is -0.673. The van der Waals surface area contributed by atoms with E-state index in [1.807, 2.05) is 0 Å². The zero-order chi connectivity index (χ0) is 12.1. The van der Waals surface area contributed by atoms with E-state index in [-0.39, 0.29) is 29.4 Å². The Labute approximate surface area is 90.5 Å². The van der Waals surface area contributed by atoms with Crippen molar-refractivity contribution in [3.05, 3.63) is 38.9 Å². The van der Waals surface area contributed by atoms with Crippen LogP contribution < -0.4 is 0 Å². The minimum Gasteiger partial charge on any atom is -0.298 e. The van der Waals surface area contributed by atoms with E-state index < -0.39 is 10.6 Å². The number of rotatable bonds is 3. The van der Waals surface area contributed by atoms with Gasteiger partial charge in [-0.15, -0.1) is 0 Å². The van der Waals surface area contributed by atoms with Gasteiger partial charge in [-0.3, -0.25) is 14.9 Å². The molecule has 0 fully saturated rings. The molecule has 0 radical (unpaired) electrons. The quantitative estimate of drug-likeness (QED) is 0.429. The number of nitro groups is 1. The number of nitrogens with zero attached hydrogens (tertiary/aromatic N) is 3. The molecule has 6 heteroatoms. The predicted octanol–water partition coefficient (Wildman–Crippen LogP) is 1.35. The van der Waals surface area contributed by atoms with Crippen LogP contribution in [0.5, 0.6) is 0 Å². The molecule has 1 aromatic carbocycles. The summed E-state index contributed by atoms with van der Waals surface area (Å²) in [7, 11) is 0. The third kappa shape index (κ3) is 1.86. The number of nitriles is 2. The van der Waals surface area contributed by atoms with Gasteiger partial charge in [-0.1, -0.05) is 0 Å². The van der Waals surface area contributed by atoms with E-state index in [0.717, 1.165) is 0 Å². The molecule has 16 heavy (non-hydrogen) atoms. The largest absolute Gasteiger partial charge is 0.298 e. The number of hydrogen-bond acceptors (Lipinski definition) is 5. The average Bonchev–Trinajstić information content (AvgIpc) is 2.28. The van der Waals surface area contributed by atoms with E-state index in [4.69, 9.17) is 10.5 Å². The van der Waals surface area contributed by atoms with Gasteiger partial charge in [-0.2, -0.15) is 10.5 Å². The second-order valence-electron chi connectivity index (χ2n) is 2.86. The summed E-state index contributed by atoms with van der Waals surface area (Å²) in [6.07, 6.45) is 0.0838. The molecule has 0 aliphatic rings. The van der Waals surface area contributed by atoms with Crippen LogP contribution in [0.15, 0.2) is 12.1 Å². The zero-order valence-electron chi connectivity index (χ0n) is 8.01. The number of carbonyl (C=O) groups excluding carboxylic acids is 1. The molecular weight excluding hydrogens is 210 g/mol. The van der Waals surface area contributed by atoms with Crippen molar-refractivity contribution in [2.45, 2.75) is 6.42 Å². The fourth-order valence-electron chi connectivity index (χ4n) is 1.31. The summed E-state index contributed by atoms with van der Waals surface area (Å²) in [5, 5.41) is 27.9. The van der Waals surface area contributed by atoms with Crippen LogP contribution in [0.1, 0.15) is 21.5 Å². The van der Waals surface area contributed by atoms with Gasteiger partial charge in [-0.05, 0) is 12.1 Å². The lowest BCUT2D eigenvalue weighted by molar-refractivity contribution is -0.385. The highest BCUT2D eigenvalue weighted by molar-refractivity contribution is 5.86. The molecule has 0 saturated heterocycles. The Balaban J connectivity index is 3.59. The summed E-state index contributed by atoms with van der Waals surface area (Å²) >= 11 is 0. The summed E-state index contributed by atoms with van der Waals surface area (Å²) in [6.45, 7) is 0. The maximum atomic E-state index is 10.8. The van der Waals surface area contributed by atoms with Crippen molar-refractivity contribution in [3.63, 3.8) is 0 Å². The SMILES string of the molecule is N#CCc1ccc(C#N)c(C=O)c1[N+](=O)[O-]. The highest BCUT2D eigenvalue weighted by Crippen LogP contribution is 2.25. The molecule has 0 aliphatic carbocycles. The minimum atomic E-state index is -0.753. The monoisotopic (exact) mass is 215 g/mol. The van der Waals surface area contributed by atoms with E-state index in [2.05, 4.69) is 0 Å². The first-order valence-electron chi connectivity index (χ1n) is 4.18. The molecule has 0 saturated carbocycles. The first-order valence-corrected chi connectivity index (χ1v) is 4.18. The average molecular weight is 215 g/mol. The van der Waals surface area contributed by atoms with Crippen LogP contribution in [0.3, 0.4) is 0 Å². The van der Waals surface area contributed by atoms with E-state index in [0.29, 0.717) is 0 Å². The number of hydrogen-bond donors (Lipinski definition) is 0. The number of carbonyl (C=O) groups is 1. The van der Waals surface area contributed by atoms with Crippen molar-refractivity contribution in [2.24, 2.45) is 0 Å². The lowest BCUT2D eigenvalue weighted by atomic mass is 10.0. The maximum Gasteiger partial charge on any atom is 0.285 e. The lowest BCUT2D eigenvalue weighted by Gasteiger charge is -2.02. The molecule has 6 nitrogen and oxygen atoms in total. The van der Waals surface area contributed by atoms with Gasteiger partial charge in [-0.25, -0.2) is 0 Å². The van der Waals surface area contributed by atoms with E-state index in [9.17, 15) is 14.9 Å². The van der Waals surface area contributed by atoms with E-state index in [1.165, 1.54) is 12.1 Å². The molecule has 0 N–H and O–H groups in total. The van der Waals surface area contributed by atoms with Crippen LogP contribution in [0, 0.1) is 32.8 Å². The first-order chi connectivity index (χ1) is 7.65. The number of aldehydes is 1. The van der Waals surface area contributed by atoms with Crippen molar-refractivity contribution >= 4 is 12.0 Å². The van der Waals surface area contributed by atoms with Gasteiger partial charge >= 0.3 is 0 Å². The number of nitro benzene ring substituents is 1. The number of benzene rings is 1. The fraction of sp³-hybridized carbons (Fsp3) is 0.100. The van der Waals surface area contributed by atoms with Crippen molar-refractivity contribution in [1.29, 1.82) is 10.5 Å². The second kappa shape index (κ2) is 4.67. The molecule has 0 amide bonds. The first kappa shape index (κ1) is 11.3. The van der Waals surface area contributed by atoms with Crippen molar-refractivity contribution in [1.82, 2.24) is 0 Å². The Kier molecular flexibility index (Phi) is 3.31. The molecule has 0 unspecified atom stereocenters. The highest BCUT2D eigenvalue weighted by atomic mass is 16.6. The van der Waals surface area contributed by atoms with Crippen LogP contribution in [-0.2, 0) is 6.42 Å². The molecule has 0 aliphatic heterocycles. The van der Waals surface area contributed by atoms with Crippen LogP contribution in [0.25, 0.3) is 0 Å². The van der Waals surface area contributed by atoms with Gasteiger partial charge in [0, 0.05) is 5.56 Å². The smallest absolute Gasteiger partial charge is 0.285 e. The topological polar surface area (TPSA) is 108 Å². The molecule has 0 aromatic heterocycles.